The molecule has 0 aliphatic heterocycles. The van der Waals surface area contributed by atoms with Crippen LogP contribution < -0.4 is 5.32 Å². The van der Waals surface area contributed by atoms with Gasteiger partial charge in [0.15, 0.2) is 5.69 Å². The highest BCUT2D eigenvalue weighted by atomic mass is 32.1. The van der Waals surface area contributed by atoms with Gasteiger partial charge >= 0.3 is 0 Å². The number of benzene rings is 2. The van der Waals surface area contributed by atoms with Crippen molar-refractivity contribution < 1.29 is 9.50 Å². The maximum atomic E-state index is 13.5. The Bertz CT molecular complexity index is 965. The first kappa shape index (κ1) is 16.1. The Morgan fingerprint density at radius 3 is 2.75 bits per heavy atom. The minimum atomic E-state index is -0.327. The minimum absolute atomic E-state index is 0.00382. The first-order chi connectivity index (χ1) is 11.5. The molecule has 3 aromatic rings. The van der Waals surface area contributed by atoms with Crippen LogP contribution in [0.1, 0.15) is 5.56 Å². The zero-order chi connectivity index (χ0) is 17.3. The number of rotatable bonds is 2. The Hall–Kier alpha value is -2.80. The standard InChI is InChI=1S/C17H15FN4OS/c1-10-7-8-11(9-13(10)18)19-17(24)21-20-15-12-5-3-4-6-14(12)22(2)16(15)23/h3-9,23H,1-2H3,(H,19,24). The molecule has 0 saturated carbocycles. The number of fused-ring (bicyclic) bond motifs is 1. The summed E-state index contributed by atoms with van der Waals surface area (Å²) in [6, 6.07) is 12.1. The molecule has 2 N–H and O–H groups in total. The summed E-state index contributed by atoms with van der Waals surface area (Å²) in [6.45, 7) is 1.68. The number of halogens is 1. The number of anilines is 1. The van der Waals surface area contributed by atoms with Crippen molar-refractivity contribution in [1.82, 2.24) is 4.57 Å². The predicted octanol–water partition coefficient (Wildman–Crippen LogP) is 4.81. The van der Waals surface area contributed by atoms with Crippen LogP contribution in [0, 0.1) is 12.7 Å². The Morgan fingerprint density at radius 1 is 1.25 bits per heavy atom. The first-order valence-corrected chi connectivity index (χ1v) is 7.63. The molecular weight excluding hydrogens is 327 g/mol. The number of aromatic hydroxyl groups is 1. The zero-order valence-corrected chi connectivity index (χ0v) is 13.9. The molecule has 7 heteroatoms. The highest BCUT2D eigenvalue weighted by Gasteiger charge is 2.13. The monoisotopic (exact) mass is 342 g/mol. The number of azo groups is 1. The van der Waals surface area contributed by atoms with E-state index >= 15 is 0 Å². The number of hydrogen-bond donors (Lipinski definition) is 2. The average Bonchev–Trinajstić information content (AvgIpc) is 2.81. The van der Waals surface area contributed by atoms with E-state index in [1.165, 1.54) is 6.07 Å². The van der Waals surface area contributed by atoms with Crippen molar-refractivity contribution in [3.05, 3.63) is 53.8 Å². The molecule has 0 aliphatic carbocycles. The minimum Gasteiger partial charge on any atom is -0.493 e. The fourth-order valence-corrected chi connectivity index (χ4v) is 2.53. The van der Waals surface area contributed by atoms with Crippen LogP contribution in [0.2, 0.25) is 0 Å². The fraction of sp³-hybridized carbons (Fsp3) is 0.118. The largest absolute Gasteiger partial charge is 0.493 e. The summed E-state index contributed by atoms with van der Waals surface area (Å²) in [5.41, 5.74) is 2.22. The molecule has 1 heterocycles. The summed E-state index contributed by atoms with van der Waals surface area (Å²) in [5, 5.41) is 21.8. The molecular formula is C17H15FN4OS. The molecule has 0 saturated heterocycles. The van der Waals surface area contributed by atoms with Crippen LogP contribution >= 0.6 is 12.2 Å². The van der Waals surface area contributed by atoms with E-state index in [-0.39, 0.29) is 16.8 Å². The van der Waals surface area contributed by atoms with Crippen molar-refractivity contribution in [3.8, 4) is 5.88 Å². The molecule has 1 aromatic heterocycles. The summed E-state index contributed by atoms with van der Waals surface area (Å²) in [6.07, 6.45) is 0. The molecule has 0 fully saturated rings. The number of thiocarbonyl (C=S) groups is 1. The van der Waals surface area contributed by atoms with E-state index in [1.807, 2.05) is 24.3 Å². The summed E-state index contributed by atoms with van der Waals surface area (Å²) in [7, 11) is 1.74. The Kier molecular flexibility index (Phi) is 4.26. The fourth-order valence-electron chi connectivity index (χ4n) is 2.37. The third-order valence-corrected chi connectivity index (χ3v) is 3.90. The van der Waals surface area contributed by atoms with E-state index in [2.05, 4.69) is 15.5 Å². The van der Waals surface area contributed by atoms with Gasteiger partial charge in [0.25, 0.3) is 0 Å². The molecule has 0 bridgehead atoms. The van der Waals surface area contributed by atoms with Gasteiger partial charge in [0.2, 0.25) is 11.0 Å². The highest BCUT2D eigenvalue weighted by molar-refractivity contribution is 7.80. The van der Waals surface area contributed by atoms with E-state index < -0.39 is 0 Å². The van der Waals surface area contributed by atoms with Gasteiger partial charge in [0, 0.05) is 18.1 Å². The smallest absolute Gasteiger partial charge is 0.220 e. The lowest BCUT2D eigenvalue weighted by atomic mass is 10.2. The van der Waals surface area contributed by atoms with Crippen molar-refractivity contribution in [2.75, 3.05) is 5.32 Å². The van der Waals surface area contributed by atoms with Crippen molar-refractivity contribution >= 4 is 39.6 Å². The molecule has 24 heavy (non-hydrogen) atoms. The quantitative estimate of drug-likeness (QED) is 0.519. The Balaban J connectivity index is 1.84. The lowest BCUT2D eigenvalue weighted by molar-refractivity contribution is 0.436. The average molecular weight is 342 g/mol. The van der Waals surface area contributed by atoms with Gasteiger partial charge in [-0.1, -0.05) is 24.3 Å². The lowest BCUT2D eigenvalue weighted by Crippen LogP contribution is -2.05. The maximum absolute atomic E-state index is 13.5. The topological polar surface area (TPSA) is 61.9 Å². The van der Waals surface area contributed by atoms with Crippen molar-refractivity contribution in [2.45, 2.75) is 6.92 Å². The summed E-state index contributed by atoms with van der Waals surface area (Å²) in [5.74, 6) is -0.324. The van der Waals surface area contributed by atoms with Gasteiger partial charge in [0.1, 0.15) is 5.82 Å². The number of aryl methyl sites for hydroxylation is 2. The zero-order valence-electron chi connectivity index (χ0n) is 13.1. The third kappa shape index (κ3) is 2.98. The number of hydrogen-bond acceptors (Lipinski definition) is 3. The van der Waals surface area contributed by atoms with Crippen molar-refractivity contribution in [2.24, 2.45) is 17.3 Å². The van der Waals surface area contributed by atoms with Gasteiger partial charge in [0.05, 0.1) is 5.52 Å². The SMILES string of the molecule is Cc1ccc(NC(=S)N=Nc2c(O)n(C)c3ccccc23)cc1F. The van der Waals surface area contributed by atoms with Crippen LogP contribution in [-0.2, 0) is 7.05 Å². The normalized spacial score (nSPS) is 11.3. The van der Waals surface area contributed by atoms with Crippen LogP contribution in [0.5, 0.6) is 5.88 Å². The summed E-state index contributed by atoms with van der Waals surface area (Å²) >= 11 is 5.10. The van der Waals surface area contributed by atoms with Crippen molar-refractivity contribution in [3.63, 3.8) is 0 Å². The molecule has 3 rings (SSSR count). The molecule has 2 aromatic carbocycles. The maximum Gasteiger partial charge on any atom is 0.220 e. The Labute approximate surface area is 143 Å². The van der Waals surface area contributed by atoms with Crippen LogP contribution in [0.15, 0.2) is 52.7 Å². The number of aromatic nitrogens is 1. The van der Waals surface area contributed by atoms with E-state index in [1.54, 1.807) is 30.7 Å². The van der Waals surface area contributed by atoms with Crippen molar-refractivity contribution in [1.29, 1.82) is 0 Å². The second-order valence-corrected chi connectivity index (χ2v) is 5.73. The predicted molar refractivity (Wildman–Crippen MR) is 96.5 cm³/mol. The molecule has 0 aliphatic rings. The number of para-hydroxylation sites is 1. The highest BCUT2D eigenvalue weighted by Crippen LogP contribution is 2.37. The van der Waals surface area contributed by atoms with Crippen LogP contribution in [0.4, 0.5) is 15.8 Å². The molecule has 0 unspecified atom stereocenters. The molecule has 0 amide bonds. The molecule has 122 valence electrons. The molecule has 0 spiro atoms. The third-order valence-electron chi connectivity index (χ3n) is 3.71. The molecule has 5 nitrogen and oxygen atoms in total. The van der Waals surface area contributed by atoms with E-state index in [4.69, 9.17) is 12.2 Å². The van der Waals surface area contributed by atoms with E-state index in [0.29, 0.717) is 16.9 Å². The van der Waals surface area contributed by atoms with Gasteiger partial charge in [-0.2, -0.15) is 0 Å². The van der Waals surface area contributed by atoms with Gasteiger partial charge in [-0.15, -0.1) is 10.2 Å². The van der Waals surface area contributed by atoms with Crippen LogP contribution in [-0.4, -0.2) is 14.8 Å². The number of nitrogens with zero attached hydrogens (tertiary/aromatic N) is 3. The summed E-state index contributed by atoms with van der Waals surface area (Å²) < 4.78 is 15.2. The number of nitrogens with one attached hydrogen (secondary N) is 1. The molecule has 0 atom stereocenters. The van der Waals surface area contributed by atoms with E-state index in [9.17, 15) is 9.50 Å². The van der Waals surface area contributed by atoms with Gasteiger partial charge in [-0.25, -0.2) is 4.39 Å². The second-order valence-electron chi connectivity index (χ2n) is 5.34. The lowest BCUT2D eigenvalue weighted by Gasteiger charge is -2.04. The van der Waals surface area contributed by atoms with Gasteiger partial charge in [-0.3, -0.25) is 0 Å². The first-order valence-electron chi connectivity index (χ1n) is 7.22. The van der Waals surface area contributed by atoms with Gasteiger partial charge in [-0.05, 0) is 42.9 Å². The van der Waals surface area contributed by atoms with E-state index in [0.717, 1.165) is 10.9 Å². The van der Waals surface area contributed by atoms with Gasteiger partial charge < -0.3 is 15.0 Å². The summed E-state index contributed by atoms with van der Waals surface area (Å²) in [4.78, 5) is 0. The molecule has 0 radical (unpaired) electrons. The van der Waals surface area contributed by atoms with Crippen LogP contribution in [0.25, 0.3) is 10.9 Å². The van der Waals surface area contributed by atoms with Crippen LogP contribution in [0.3, 0.4) is 0 Å². The second kappa shape index (κ2) is 6.37. The Morgan fingerprint density at radius 2 is 2.00 bits per heavy atom.